The summed E-state index contributed by atoms with van der Waals surface area (Å²) in [5, 5.41) is 9.91. The molecule has 0 heterocycles. The Bertz CT molecular complexity index is 326. The highest BCUT2D eigenvalue weighted by atomic mass is 19.1. The third-order valence-corrected chi connectivity index (χ3v) is 1.96. The smallest absolute Gasteiger partial charge is 0.128 e. The summed E-state index contributed by atoms with van der Waals surface area (Å²) in [6.07, 6.45) is 0. The van der Waals surface area contributed by atoms with E-state index >= 15 is 0 Å². The molecule has 0 aliphatic heterocycles. The lowest BCUT2D eigenvalue weighted by Crippen LogP contribution is -2.13. The number of halogens is 1. The summed E-state index contributed by atoms with van der Waals surface area (Å²) < 4.78 is 18.4. The molecule has 0 radical (unpaired) electrons. The molecule has 78 valence electrons. The van der Waals surface area contributed by atoms with E-state index in [0.29, 0.717) is 11.3 Å². The van der Waals surface area contributed by atoms with Crippen molar-refractivity contribution in [3.63, 3.8) is 0 Å². The minimum Gasteiger partial charge on any atom is -0.496 e. The van der Waals surface area contributed by atoms with Crippen molar-refractivity contribution in [3.8, 4) is 5.75 Å². The molecule has 0 unspecified atom stereocenters. The standard InChI is InChI=1S/C10H14FNO2/c1-7-4-9(11)8(6-12(2)13)5-10(7)14-3/h4-5,13H,6H2,1-3H3. The number of ether oxygens (including phenoxy) is 1. The van der Waals surface area contributed by atoms with Crippen LogP contribution in [0.25, 0.3) is 0 Å². The van der Waals surface area contributed by atoms with E-state index in [2.05, 4.69) is 0 Å². The van der Waals surface area contributed by atoms with Crippen LogP contribution in [0.4, 0.5) is 4.39 Å². The first-order valence-corrected chi connectivity index (χ1v) is 4.27. The summed E-state index contributed by atoms with van der Waals surface area (Å²) in [5.41, 5.74) is 1.16. The lowest BCUT2D eigenvalue weighted by molar-refractivity contribution is -0.0738. The molecule has 0 aliphatic rings. The van der Waals surface area contributed by atoms with Crippen LogP contribution in [0.5, 0.6) is 5.75 Å². The van der Waals surface area contributed by atoms with Gasteiger partial charge in [-0.05, 0) is 24.6 Å². The second-order valence-corrected chi connectivity index (χ2v) is 3.23. The van der Waals surface area contributed by atoms with Crippen molar-refractivity contribution in [2.45, 2.75) is 13.5 Å². The summed E-state index contributed by atoms with van der Waals surface area (Å²) >= 11 is 0. The van der Waals surface area contributed by atoms with E-state index in [-0.39, 0.29) is 12.4 Å². The van der Waals surface area contributed by atoms with Gasteiger partial charge in [-0.25, -0.2) is 4.39 Å². The maximum atomic E-state index is 13.3. The zero-order chi connectivity index (χ0) is 10.7. The lowest BCUT2D eigenvalue weighted by atomic mass is 10.1. The van der Waals surface area contributed by atoms with Gasteiger partial charge >= 0.3 is 0 Å². The van der Waals surface area contributed by atoms with E-state index in [4.69, 9.17) is 9.94 Å². The van der Waals surface area contributed by atoms with E-state index < -0.39 is 0 Å². The third-order valence-electron chi connectivity index (χ3n) is 1.96. The summed E-state index contributed by atoms with van der Waals surface area (Å²) in [5.74, 6) is 0.299. The maximum absolute atomic E-state index is 13.3. The second kappa shape index (κ2) is 4.39. The number of rotatable bonds is 3. The van der Waals surface area contributed by atoms with E-state index in [1.165, 1.54) is 20.2 Å². The number of hydrogen-bond donors (Lipinski definition) is 1. The third kappa shape index (κ3) is 2.43. The molecule has 0 saturated carbocycles. The Balaban J connectivity index is 3.04. The van der Waals surface area contributed by atoms with Gasteiger partial charge in [-0.15, -0.1) is 0 Å². The predicted molar refractivity (Wildman–Crippen MR) is 50.9 cm³/mol. The first kappa shape index (κ1) is 10.9. The Labute approximate surface area is 82.7 Å². The van der Waals surface area contributed by atoms with Crippen LogP contribution < -0.4 is 4.74 Å². The van der Waals surface area contributed by atoms with E-state index in [0.717, 1.165) is 10.6 Å². The molecule has 0 saturated heterocycles. The number of nitrogens with zero attached hydrogens (tertiary/aromatic N) is 1. The molecule has 1 aromatic carbocycles. The van der Waals surface area contributed by atoms with Gasteiger partial charge < -0.3 is 9.94 Å². The van der Waals surface area contributed by atoms with Crippen LogP contribution >= 0.6 is 0 Å². The molecule has 1 rings (SSSR count). The van der Waals surface area contributed by atoms with Gasteiger partial charge in [-0.3, -0.25) is 0 Å². The molecule has 0 fully saturated rings. The molecule has 0 amide bonds. The zero-order valence-corrected chi connectivity index (χ0v) is 8.54. The van der Waals surface area contributed by atoms with Gasteiger partial charge in [-0.2, -0.15) is 5.06 Å². The quantitative estimate of drug-likeness (QED) is 0.755. The molecule has 1 N–H and O–H groups in total. The van der Waals surface area contributed by atoms with Crippen molar-refractivity contribution in [3.05, 3.63) is 29.1 Å². The van der Waals surface area contributed by atoms with Gasteiger partial charge in [0.2, 0.25) is 0 Å². The Kier molecular flexibility index (Phi) is 3.43. The molecule has 14 heavy (non-hydrogen) atoms. The van der Waals surface area contributed by atoms with E-state index in [9.17, 15) is 4.39 Å². The van der Waals surface area contributed by atoms with Crippen molar-refractivity contribution in [1.82, 2.24) is 5.06 Å². The van der Waals surface area contributed by atoms with E-state index in [1.54, 1.807) is 13.0 Å². The topological polar surface area (TPSA) is 32.7 Å². The number of hydroxylamine groups is 2. The fourth-order valence-corrected chi connectivity index (χ4v) is 1.28. The molecule has 0 spiro atoms. The molecule has 0 bridgehead atoms. The van der Waals surface area contributed by atoms with Crippen LogP contribution in [0, 0.1) is 12.7 Å². The Morgan fingerprint density at radius 3 is 2.64 bits per heavy atom. The normalized spacial score (nSPS) is 10.7. The van der Waals surface area contributed by atoms with Gasteiger partial charge in [0.05, 0.1) is 13.7 Å². The van der Waals surface area contributed by atoms with Crippen LogP contribution in [0.2, 0.25) is 0 Å². The SMILES string of the molecule is COc1cc(CN(C)O)c(F)cc1C. The van der Waals surface area contributed by atoms with Crippen LogP contribution in [0.15, 0.2) is 12.1 Å². The fourth-order valence-electron chi connectivity index (χ4n) is 1.28. The maximum Gasteiger partial charge on any atom is 0.128 e. The molecule has 1 aromatic rings. The minimum atomic E-state index is -0.329. The average Bonchev–Trinajstić information content (AvgIpc) is 2.09. The minimum absolute atomic E-state index is 0.141. The van der Waals surface area contributed by atoms with Gasteiger partial charge in [0.1, 0.15) is 11.6 Å². The van der Waals surface area contributed by atoms with Gasteiger partial charge in [-0.1, -0.05) is 0 Å². The van der Waals surface area contributed by atoms with Crippen LogP contribution in [0.3, 0.4) is 0 Å². The van der Waals surface area contributed by atoms with Crippen molar-refractivity contribution in [2.75, 3.05) is 14.2 Å². The molecule has 0 atom stereocenters. The Morgan fingerprint density at radius 2 is 2.14 bits per heavy atom. The molecular weight excluding hydrogens is 185 g/mol. The average molecular weight is 199 g/mol. The van der Waals surface area contributed by atoms with Crippen LogP contribution in [-0.4, -0.2) is 24.4 Å². The highest BCUT2D eigenvalue weighted by Gasteiger charge is 2.08. The first-order chi connectivity index (χ1) is 6.54. The molecule has 3 nitrogen and oxygen atoms in total. The number of benzene rings is 1. The predicted octanol–water partition coefficient (Wildman–Crippen LogP) is 1.96. The highest BCUT2D eigenvalue weighted by molar-refractivity contribution is 5.37. The molecular formula is C10H14FNO2. The van der Waals surface area contributed by atoms with Crippen molar-refractivity contribution in [2.24, 2.45) is 0 Å². The largest absolute Gasteiger partial charge is 0.496 e. The fraction of sp³-hybridized carbons (Fsp3) is 0.400. The van der Waals surface area contributed by atoms with Crippen molar-refractivity contribution >= 4 is 0 Å². The Hall–Kier alpha value is -1.13. The van der Waals surface area contributed by atoms with Gasteiger partial charge in [0.15, 0.2) is 0 Å². The first-order valence-electron chi connectivity index (χ1n) is 4.27. The zero-order valence-electron chi connectivity index (χ0n) is 8.54. The molecule has 4 heteroatoms. The number of methoxy groups -OCH3 is 1. The van der Waals surface area contributed by atoms with Crippen molar-refractivity contribution < 1.29 is 14.3 Å². The lowest BCUT2D eigenvalue weighted by Gasteiger charge is -2.12. The number of hydrogen-bond acceptors (Lipinski definition) is 3. The second-order valence-electron chi connectivity index (χ2n) is 3.23. The highest BCUT2D eigenvalue weighted by Crippen LogP contribution is 2.22. The summed E-state index contributed by atoms with van der Waals surface area (Å²) in [7, 11) is 3.00. The summed E-state index contributed by atoms with van der Waals surface area (Å²) in [6, 6.07) is 3.00. The van der Waals surface area contributed by atoms with Gasteiger partial charge in [0, 0.05) is 12.6 Å². The van der Waals surface area contributed by atoms with Crippen LogP contribution in [-0.2, 0) is 6.54 Å². The summed E-state index contributed by atoms with van der Waals surface area (Å²) in [6.45, 7) is 1.91. The number of aryl methyl sites for hydroxylation is 1. The van der Waals surface area contributed by atoms with E-state index in [1.807, 2.05) is 0 Å². The van der Waals surface area contributed by atoms with Crippen molar-refractivity contribution in [1.29, 1.82) is 0 Å². The molecule has 0 aliphatic carbocycles. The monoisotopic (exact) mass is 199 g/mol. The Morgan fingerprint density at radius 1 is 1.50 bits per heavy atom. The van der Waals surface area contributed by atoms with Gasteiger partial charge in [0.25, 0.3) is 0 Å². The van der Waals surface area contributed by atoms with Crippen LogP contribution in [0.1, 0.15) is 11.1 Å². The summed E-state index contributed by atoms with van der Waals surface area (Å²) in [4.78, 5) is 0. The molecule has 0 aromatic heterocycles.